The molecule has 1 saturated heterocycles. The van der Waals surface area contributed by atoms with Crippen LogP contribution in [0.3, 0.4) is 0 Å². The zero-order valence-electron chi connectivity index (χ0n) is 15.3. The van der Waals surface area contributed by atoms with E-state index >= 15 is 0 Å². The summed E-state index contributed by atoms with van der Waals surface area (Å²) in [6, 6.07) is 11.0. The van der Waals surface area contributed by atoms with Crippen molar-refractivity contribution in [1.29, 1.82) is 0 Å². The number of hydrogen-bond acceptors (Lipinski definition) is 3. The van der Waals surface area contributed by atoms with Gasteiger partial charge in [-0.2, -0.15) is 0 Å². The molecule has 0 aromatic heterocycles. The van der Waals surface area contributed by atoms with Crippen molar-refractivity contribution in [2.75, 3.05) is 37.6 Å². The quantitative estimate of drug-likeness (QED) is 0.425. The molecule has 1 heterocycles. The molecule has 3 N–H and O–H groups in total. The number of guanidine groups is 1. The molecule has 0 radical (unpaired) electrons. The lowest BCUT2D eigenvalue weighted by atomic mass is 10.1. The SMILES string of the molecule is CC(CN=C(N)NC(C)(C)C)N1CCN(c2ccccc2)CC1.I. The third kappa shape index (κ3) is 6.84. The summed E-state index contributed by atoms with van der Waals surface area (Å²) in [6.45, 7) is 13.5. The van der Waals surface area contributed by atoms with E-state index < -0.39 is 0 Å². The predicted octanol–water partition coefficient (Wildman–Crippen LogP) is 2.52. The second-order valence-electron chi connectivity index (χ2n) is 7.31. The zero-order chi connectivity index (χ0) is 16.9. The highest BCUT2D eigenvalue weighted by Gasteiger charge is 2.21. The summed E-state index contributed by atoms with van der Waals surface area (Å²) in [7, 11) is 0. The van der Waals surface area contributed by atoms with Gasteiger partial charge < -0.3 is 16.0 Å². The van der Waals surface area contributed by atoms with Crippen molar-refractivity contribution in [2.45, 2.75) is 39.3 Å². The van der Waals surface area contributed by atoms with Gasteiger partial charge in [0.25, 0.3) is 0 Å². The summed E-state index contributed by atoms with van der Waals surface area (Å²) in [5.41, 5.74) is 7.22. The molecule has 0 amide bonds. The van der Waals surface area contributed by atoms with Crippen LogP contribution in [0.1, 0.15) is 27.7 Å². The van der Waals surface area contributed by atoms with Gasteiger partial charge >= 0.3 is 0 Å². The maximum atomic E-state index is 5.95. The number of nitrogens with zero attached hydrogens (tertiary/aromatic N) is 3. The molecule has 1 aromatic carbocycles. The van der Waals surface area contributed by atoms with Crippen molar-refractivity contribution < 1.29 is 0 Å². The first-order valence-electron chi connectivity index (χ1n) is 8.47. The molecule has 0 aliphatic carbocycles. The first-order chi connectivity index (χ1) is 10.8. The van der Waals surface area contributed by atoms with Gasteiger partial charge in [0, 0.05) is 43.4 Å². The Morgan fingerprint density at radius 3 is 2.29 bits per heavy atom. The maximum absolute atomic E-state index is 5.95. The average molecular weight is 445 g/mol. The van der Waals surface area contributed by atoms with Gasteiger partial charge in [-0.05, 0) is 39.8 Å². The molecular formula is C18H32IN5. The molecule has 6 heteroatoms. The smallest absolute Gasteiger partial charge is 0.189 e. The molecule has 1 atom stereocenters. The Morgan fingerprint density at radius 1 is 1.17 bits per heavy atom. The van der Waals surface area contributed by atoms with Crippen LogP contribution in [-0.4, -0.2) is 55.2 Å². The van der Waals surface area contributed by atoms with Gasteiger partial charge in [-0.1, -0.05) is 18.2 Å². The summed E-state index contributed by atoms with van der Waals surface area (Å²) in [4.78, 5) is 9.43. The summed E-state index contributed by atoms with van der Waals surface area (Å²) < 4.78 is 0. The first kappa shape index (κ1) is 21.0. The lowest BCUT2D eigenvalue weighted by Crippen LogP contribution is -2.51. The van der Waals surface area contributed by atoms with Crippen molar-refractivity contribution >= 4 is 35.6 Å². The van der Waals surface area contributed by atoms with E-state index in [-0.39, 0.29) is 29.5 Å². The van der Waals surface area contributed by atoms with Crippen LogP contribution < -0.4 is 16.0 Å². The normalized spacial score (nSPS) is 18.0. The third-order valence-corrected chi connectivity index (χ3v) is 4.09. The molecule has 1 unspecified atom stereocenters. The molecule has 1 aliphatic heterocycles. The van der Waals surface area contributed by atoms with E-state index in [1.165, 1.54) is 5.69 Å². The van der Waals surface area contributed by atoms with E-state index in [1.54, 1.807) is 0 Å². The largest absolute Gasteiger partial charge is 0.370 e. The standard InChI is InChI=1S/C18H31N5.HI/c1-15(14-20-17(19)21-18(2,3)4)22-10-12-23(13-11-22)16-8-6-5-7-9-16;/h5-9,15H,10-14H2,1-4H3,(H3,19,20,21);1H. The minimum Gasteiger partial charge on any atom is -0.370 e. The van der Waals surface area contributed by atoms with E-state index in [9.17, 15) is 0 Å². The third-order valence-electron chi connectivity index (χ3n) is 4.09. The number of benzene rings is 1. The fourth-order valence-electron chi connectivity index (χ4n) is 2.83. The molecular weight excluding hydrogens is 413 g/mol. The Kier molecular flexibility index (Phi) is 8.29. The number of piperazine rings is 1. The highest BCUT2D eigenvalue weighted by molar-refractivity contribution is 14.0. The van der Waals surface area contributed by atoms with Gasteiger partial charge in [0.2, 0.25) is 0 Å². The van der Waals surface area contributed by atoms with Gasteiger partial charge in [0.05, 0.1) is 6.54 Å². The first-order valence-corrected chi connectivity index (χ1v) is 8.47. The van der Waals surface area contributed by atoms with Gasteiger partial charge in [0.15, 0.2) is 5.96 Å². The lowest BCUT2D eigenvalue weighted by Gasteiger charge is -2.38. The number of aliphatic imine (C=N–C) groups is 1. The van der Waals surface area contributed by atoms with Crippen molar-refractivity contribution in [3.05, 3.63) is 30.3 Å². The monoisotopic (exact) mass is 445 g/mol. The number of halogens is 1. The van der Waals surface area contributed by atoms with Crippen LogP contribution in [0.4, 0.5) is 5.69 Å². The summed E-state index contributed by atoms with van der Waals surface area (Å²) in [5.74, 6) is 0.535. The number of nitrogens with two attached hydrogens (primary N) is 1. The molecule has 0 spiro atoms. The Hall–Kier alpha value is -1.02. The summed E-state index contributed by atoms with van der Waals surface area (Å²) >= 11 is 0. The highest BCUT2D eigenvalue weighted by Crippen LogP contribution is 2.16. The number of hydrogen-bond donors (Lipinski definition) is 2. The predicted molar refractivity (Wildman–Crippen MR) is 114 cm³/mol. The van der Waals surface area contributed by atoms with E-state index in [0.717, 1.165) is 32.7 Å². The minimum atomic E-state index is -0.0435. The van der Waals surface area contributed by atoms with Crippen LogP contribution in [0, 0.1) is 0 Å². The molecule has 1 aromatic rings. The molecule has 1 aliphatic rings. The van der Waals surface area contributed by atoms with Crippen molar-refractivity contribution in [1.82, 2.24) is 10.2 Å². The van der Waals surface area contributed by atoms with Crippen LogP contribution >= 0.6 is 24.0 Å². The zero-order valence-corrected chi connectivity index (χ0v) is 17.7. The van der Waals surface area contributed by atoms with Crippen LogP contribution in [-0.2, 0) is 0 Å². The molecule has 1 fully saturated rings. The molecule has 2 rings (SSSR count). The maximum Gasteiger partial charge on any atom is 0.189 e. The van der Waals surface area contributed by atoms with Crippen LogP contribution in [0.25, 0.3) is 0 Å². The number of rotatable bonds is 4. The van der Waals surface area contributed by atoms with Crippen LogP contribution in [0.2, 0.25) is 0 Å². The minimum absolute atomic E-state index is 0. The van der Waals surface area contributed by atoms with E-state index in [2.05, 4.69) is 78.1 Å². The molecule has 0 bridgehead atoms. The topological polar surface area (TPSA) is 56.9 Å². The van der Waals surface area contributed by atoms with E-state index in [4.69, 9.17) is 5.73 Å². The molecule has 5 nitrogen and oxygen atoms in total. The Bertz CT molecular complexity index is 504. The average Bonchev–Trinajstić information content (AvgIpc) is 2.52. The van der Waals surface area contributed by atoms with Crippen molar-refractivity contribution in [3.63, 3.8) is 0 Å². The second-order valence-corrected chi connectivity index (χ2v) is 7.31. The fourth-order valence-corrected chi connectivity index (χ4v) is 2.83. The van der Waals surface area contributed by atoms with Gasteiger partial charge in [-0.25, -0.2) is 0 Å². The van der Waals surface area contributed by atoms with Gasteiger partial charge in [-0.3, -0.25) is 9.89 Å². The van der Waals surface area contributed by atoms with Crippen LogP contribution in [0.15, 0.2) is 35.3 Å². The Balaban J connectivity index is 0.00000288. The Morgan fingerprint density at radius 2 is 1.75 bits per heavy atom. The number of anilines is 1. The van der Waals surface area contributed by atoms with Crippen molar-refractivity contribution in [2.24, 2.45) is 10.7 Å². The van der Waals surface area contributed by atoms with E-state index in [1.807, 2.05) is 0 Å². The van der Waals surface area contributed by atoms with Crippen LogP contribution in [0.5, 0.6) is 0 Å². The molecule has 136 valence electrons. The summed E-state index contributed by atoms with van der Waals surface area (Å²) in [5, 5.41) is 3.21. The lowest BCUT2D eigenvalue weighted by molar-refractivity contribution is 0.201. The number of nitrogens with one attached hydrogen (secondary N) is 1. The van der Waals surface area contributed by atoms with Gasteiger partial charge in [0.1, 0.15) is 0 Å². The summed E-state index contributed by atoms with van der Waals surface area (Å²) in [6.07, 6.45) is 0. The highest BCUT2D eigenvalue weighted by atomic mass is 127. The second kappa shape index (κ2) is 9.46. The van der Waals surface area contributed by atoms with Gasteiger partial charge in [-0.15, -0.1) is 24.0 Å². The van der Waals surface area contributed by atoms with Crippen molar-refractivity contribution in [3.8, 4) is 0 Å². The Labute approximate surface area is 163 Å². The van der Waals surface area contributed by atoms with E-state index in [0.29, 0.717) is 12.0 Å². The molecule has 24 heavy (non-hydrogen) atoms. The fraction of sp³-hybridized carbons (Fsp3) is 0.611. The molecule has 0 saturated carbocycles. The number of para-hydroxylation sites is 1.